The van der Waals surface area contributed by atoms with Crippen molar-refractivity contribution in [3.05, 3.63) is 23.0 Å². The standard InChI is InChI=1S/C22H35N3O3/c1-17-12-20(18(2)25(17)10-7-11-27-3)21(26)24-15-22(16-24)13-19(14-28-22)23-8-5-4-6-9-23/h12,19H,4-11,13-16H2,1-3H3. The summed E-state index contributed by atoms with van der Waals surface area (Å²) in [6, 6.07) is 2.59. The molecular weight excluding hydrogens is 354 g/mol. The van der Waals surface area contributed by atoms with Crippen molar-refractivity contribution in [3.8, 4) is 0 Å². The van der Waals surface area contributed by atoms with E-state index in [2.05, 4.69) is 23.3 Å². The molecule has 6 nitrogen and oxygen atoms in total. The van der Waals surface area contributed by atoms with Crippen LogP contribution in [0.4, 0.5) is 0 Å². The van der Waals surface area contributed by atoms with E-state index in [9.17, 15) is 4.79 Å². The number of ether oxygens (including phenoxy) is 2. The molecule has 3 aliphatic heterocycles. The largest absolute Gasteiger partial charge is 0.385 e. The van der Waals surface area contributed by atoms with E-state index in [4.69, 9.17) is 9.47 Å². The Kier molecular flexibility index (Phi) is 5.81. The van der Waals surface area contributed by atoms with Crippen LogP contribution in [-0.2, 0) is 16.0 Å². The fourth-order valence-electron chi connectivity index (χ4n) is 5.25. The minimum atomic E-state index is -0.0955. The summed E-state index contributed by atoms with van der Waals surface area (Å²) in [6.45, 7) is 10.5. The smallest absolute Gasteiger partial charge is 0.255 e. The Morgan fingerprint density at radius 1 is 1.25 bits per heavy atom. The van der Waals surface area contributed by atoms with Crippen LogP contribution in [0.3, 0.4) is 0 Å². The first-order chi connectivity index (χ1) is 13.5. The SMILES string of the molecule is COCCCn1c(C)cc(C(=O)N2CC3(CC(N4CCCCC4)CO3)C2)c1C. The van der Waals surface area contributed by atoms with Gasteiger partial charge < -0.3 is 18.9 Å². The second kappa shape index (κ2) is 8.17. The molecule has 6 heteroatoms. The monoisotopic (exact) mass is 389 g/mol. The Balaban J connectivity index is 1.34. The Morgan fingerprint density at radius 3 is 2.71 bits per heavy atom. The lowest BCUT2D eigenvalue weighted by Gasteiger charge is -2.47. The van der Waals surface area contributed by atoms with Crippen molar-refractivity contribution in [1.29, 1.82) is 0 Å². The molecule has 4 rings (SSSR count). The summed E-state index contributed by atoms with van der Waals surface area (Å²) in [6.07, 6.45) is 6.02. The number of hydrogen-bond acceptors (Lipinski definition) is 4. The predicted octanol–water partition coefficient (Wildman–Crippen LogP) is 2.61. The average molecular weight is 390 g/mol. The molecule has 28 heavy (non-hydrogen) atoms. The van der Waals surface area contributed by atoms with Crippen LogP contribution in [0.5, 0.6) is 0 Å². The lowest BCUT2D eigenvalue weighted by Crippen LogP contribution is -2.63. The van der Waals surface area contributed by atoms with E-state index >= 15 is 0 Å². The molecule has 0 aromatic carbocycles. The topological polar surface area (TPSA) is 46.9 Å². The second-order valence-electron chi connectivity index (χ2n) is 8.89. The van der Waals surface area contributed by atoms with Gasteiger partial charge in [0.05, 0.1) is 25.3 Å². The van der Waals surface area contributed by atoms with Gasteiger partial charge in [0.15, 0.2) is 0 Å². The minimum absolute atomic E-state index is 0.0955. The molecule has 0 N–H and O–H groups in total. The molecule has 3 aliphatic rings. The van der Waals surface area contributed by atoms with Gasteiger partial charge in [-0.2, -0.15) is 0 Å². The Labute approximate surface area is 168 Å². The zero-order valence-corrected chi connectivity index (χ0v) is 17.7. The van der Waals surface area contributed by atoms with Gasteiger partial charge in [-0.15, -0.1) is 0 Å². The molecular formula is C22H35N3O3. The van der Waals surface area contributed by atoms with Gasteiger partial charge >= 0.3 is 0 Å². The van der Waals surface area contributed by atoms with Crippen LogP contribution in [-0.4, -0.2) is 78.4 Å². The molecule has 0 saturated carbocycles. The van der Waals surface area contributed by atoms with Crippen molar-refractivity contribution < 1.29 is 14.3 Å². The Hall–Kier alpha value is -1.37. The highest BCUT2D eigenvalue weighted by Crippen LogP contribution is 2.38. The van der Waals surface area contributed by atoms with Gasteiger partial charge in [0.2, 0.25) is 0 Å². The van der Waals surface area contributed by atoms with Crippen molar-refractivity contribution in [1.82, 2.24) is 14.4 Å². The summed E-state index contributed by atoms with van der Waals surface area (Å²) in [7, 11) is 1.73. The molecule has 0 bridgehead atoms. The van der Waals surface area contributed by atoms with E-state index in [-0.39, 0.29) is 11.5 Å². The molecule has 0 aliphatic carbocycles. The zero-order valence-electron chi connectivity index (χ0n) is 17.7. The molecule has 1 aromatic rings. The lowest BCUT2D eigenvalue weighted by atomic mass is 9.88. The fraction of sp³-hybridized carbons (Fsp3) is 0.773. The number of rotatable bonds is 6. The molecule has 4 heterocycles. The normalized spacial score (nSPS) is 24.7. The molecule has 1 spiro atoms. The van der Waals surface area contributed by atoms with E-state index in [0.717, 1.165) is 62.6 Å². The van der Waals surface area contributed by atoms with Crippen molar-refractivity contribution in [2.24, 2.45) is 0 Å². The molecule has 156 valence electrons. The van der Waals surface area contributed by atoms with E-state index in [1.54, 1.807) is 7.11 Å². The molecule has 3 saturated heterocycles. The number of nitrogens with zero attached hydrogens (tertiary/aromatic N) is 3. The maximum Gasteiger partial charge on any atom is 0.255 e. The van der Waals surface area contributed by atoms with Crippen LogP contribution in [0.25, 0.3) is 0 Å². The lowest BCUT2D eigenvalue weighted by molar-refractivity contribution is -0.0951. The maximum atomic E-state index is 13.1. The number of aryl methyl sites for hydroxylation is 1. The first-order valence-corrected chi connectivity index (χ1v) is 10.9. The van der Waals surface area contributed by atoms with Crippen molar-refractivity contribution in [3.63, 3.8) is 0 Å². The quantitative estimate of drug-likeness (QED) is 0.702. The van der Waals surface area contributed by atoms with Gasteiger partial charge in [-0.3, -0.25) is 9.69 Å². The average Bonchev–Trinajstić information content (AvgIpc) is 3.24. The number of piperidine rings is 1. The van der Waals surface area contributed by atoms with E-state index in [1.165, 1.54) is 32.4 Å². The maximum absolute atomic E-state index is 13.1. The third kappa shape index (κ3) is 3.74. The summed E-state index contributed by atoms with van der Waals surface area (Å²) in [5.74, 6) is 0.154. The summed E-state index contributed by atoms with van der Waals surface area (Å²) < 4.78 is 13.6. The summed E-state index contributed by atoms with van der Waals surface area (Å²) >= 11 is 0. The Bertz CT molecular complexity index is 702. The van der Waals surface area contributed by atoms with Crippen LogP contribution in [0.2, 0.25) is 0 Å². The van der Waals surface area contributed by atoms with Crippen LogP contribution >= 0.6 is 0 Å². The van der Waals surface area contributed by atoms with Crippen LogP contribution < -0.4 is 0 Å². The third-order valence-electron chi connectivity index (χ3n) is 6.88. The van der Waals surface area contributed by atoms with Crippen molar-refractivity contribution >= 4 is 5.91 Å². The molecule has 3 fully saturated rings. The number of likely N-dealkylation sites (tertiary alicyclic amines) is 2. The molecule has 1 amide bonds. The predicted molar refractivity (Wildman–Crippen MR) is 109 cm³/mol. The van der Waals surface area contributed by atoms with Crippen LogP contribution in [0.15, 0.2) is 6.07 Å². The first-order valence-electron chi connectivity index (χ1n) is 10.9. The molecule has 0 radical (unpaired) electrons. The van der Waals surface area contributed by atoms with Crippen LogP contribution in [0, 0.1) is 13.8 Å². The molecule has 1 aromatic heterocycles. The highest BCUT2D eigenvalue weighted by molar-refractivity contribution is 5.96. The van der Waals surface area contributed by atoms with Crippen molar-refractivity contribution in [2.75, 3.05) is 46.5 Å². The van der Waals surface area contributed by atoms with Gasteiger partial charge in [0.25, 0.3) is 5.91 Å². The van der Waals surface area contributed by atoms with Gasteiger partial charge in [0, 0.05) is 37.7 Å². The van der Waals surface area contributed by atoms with E-state index in [1.807, 2.05) is 11.0 Å². The zero-order chi connectivity index (χ0) is 19.7. The molecule has 1 unspecified atom stereocenters. The highest BCUT2D eigenvalue weighted by Gasteiger charge is 2.52. The number of amides is 1. The van der Waals surface area contributed by atoms with Gasteiger partial charge in [-0.05, 0) is 58.7 Å². The summed E-state index contributed by atoms with van der Waals surface area (Å²) in [5.41, 5.74) is 2.96. The fourth-order valence-corrected chi connectivity index (χ4v) is 5.25. The van der Waals surface area contributed by atoms with Crippen molar-refractivity contribution in [2.45, 2.75) is 64.1 Å². The number of methoxy groups -OCH3 is 1. The number of hydrogen-bond donors (Lipinski definition) is 0. The summed E-state index contributed by atoms with van der Waals surface area (Å²) in [4.78, 5) is 17.7. The minimum Gasteiger partial charge on any atom is -0.385 e. The first kappa shape index (κ1) is 19.9. The number of carbonyl (C=O) groups excluding carboxylic acids is 1. The highest BCUT2D eigenvalue weighted by atomic mass is 16.5. The molecule has 1 atom stereocenters. The second-order valence-corrected chi connectivity index (χ2v) is 8.89. The number of carbonyl (C=O) groups is 1. The third-order valence-corrected chi connectivity index (χ3v) is 6.88. The van der Waals surface area contributed by atoms with E-state index < -0.39 is 0 Å². The number of aromatic nitrogens is 1. The van der Waals surface area contributed by atoms with Crippen LogP contribution in [0.1, 0.15) is 53.8 Å². The van der Waals surface area contributed by atoms with Gasteiger partial charge in [-0.1, -0.05) is 6.42 Å². The van der Waals surface area contributed by atoms with E-state index in [0.29, 0.717) is 6.04 Å². The van der Waals surface area contributed by atoms with Gasteiger partial charge in [0.1, 0.15) is 5.60 Å². The Morgan fingerprint density at radius 2 is 2.00 bits per heavy atom. The summed E-state index contributed by atoms with van der Waals surface area (Å²) in [5, 5.41) is 0. The van der Waals surface area contributed by atoms with Gasteiger partial charge in [-0.25, -0.2) is 0 Å².